The third-order valence-electron chi connectivity index (χ3n) is 7.08. The van der Waals surface area contributed by atoms with Crippen molar-refractivity contribution in [1.82, 2.24) is 5.32 Å². The number of halogens is 5. The fourth-order valence-electron chi connectivity index (χ4n) is 4.92. The van der Waals surface area contributed by atoms with E-state index in [1.54, 1.807) is 24.3 Å². The van der Waals surface area contributed by atoms with Gasteiger partial charge in [0.1, 0.15) is 18.4 Å². The van der Waals surface area contributed by atoms with Crippen molar-refractivity contribution >= 4 is 50.8 Å². The highest BCUT2D eigenvalue weighted by atomic mass is 35.5. The van der Waals surface area contributed by atoms with Crippen molar-refractivity contribution in [2.75, 3.05) is 17.5 Å². The minimum atomic E-state index is -4.59. The summed E-state index contributed by atoms with van der Waals surface area (Å²) in [5.74, 6) is -1.48. The number of rotatable bonds is 9. The SMILES string of the molecule is O=C(O)c1ccc(OCCNC(=O)[C@@H]2Cc3ccccc3N2S(=O)(=O)c2ccc(-c3cc(C(F)(F)F)ccc3Cl)cc2)cc1Cl. The molecule has 4 aromatic carbocycles. The molecule has 1 heterocycles. The molecule has 8 nitrogen and oxygen atoms in total. The standard InChI is InChI=1S/C31H23Cl2F3N2O6S/c32-25-12-7-20(31(34,35)36)16-24(25)18-5-9-22(10-6-18)45(42,43)38-27-4-2-1-3-19(27)15-28(38)29(39)37-13-14-44-21-8-11-23(30(40)41)26(33)17-21/h1-12,16-17,28H,13-15H2,(H,37,39)(H,40,41)/t28-/m0/s1. The maximum absolute atomic E-state index is 13.9. The number of alkyl halides is 3. The Hall–Kier alpha value is -4.26. The summed E-state index contributed by atoms with van der Waals surface area (Å²) in [7, 11) is -4.31. The fraction of sp³-hybridized carbons (Fsp3) is 0.161. The van der Waals surface area contributed by atoms with E-state index in [0.717, 1.165) is 22.5 Å². The van der Waals surface area contributed by atoms with Crippen LogP contribution >= 0.6 is 23.2 Å². The molecule has 0 bridgehead atoms. The van der Waals surface area contributed by atoms with Crippen LogP contribution in [-0.2, 0) is 27.4 Å². The summed E-state index contributed by atoms with van der Waals surface area (Å²) in [6.45, 7) is -0.00915. The number of amides is 1. The van der Waals surface area contributed by atoms with Crippen molar-refractivity contribution in [3.63, 3.8) is 0 Å². The van der Waals surface area contributed by atoms with Gasteiger partial charge in [0.05, 0.1) is 33.3 Å². The van der Waals surface area contributed by atoms with Gasteiger partial charge >= 0.3 is 12.1 Å². The number of fused-ring (bicyclic) bond motifs is 1. The van der Waals surface area contributed by atoms with Gasteiger partial charge in [-0.05, 0) is 65.7 Å². The Balaban J connectivity index is 1.33. The molecule has 0 saturated carbocycles. The highest BCUT2D eigenvalue weighted by molar-refractivity contribution is 7.93. The van der Waals surface area contributed by atoms with Crippen LogP contribution in [0.15, 0.2) is 89.8 Å². The number of hydrogen-bond acceptors (Lipinski definition) is 5. The number of aromatic carboxylic acids is 1. The van der Waals surface area contributed by atoms with Crippen molar-refractivity contribution in [3.8, 4) is 16.9 Å². The summed E-state index contributed by atoms with van der Waals surface area (Å²) in [6, 6.07) is 17.7. The second kappa shape index (κ2) is 12.6. The molecule has 0 saturated heterocycles. The Kier molecular flexibility index (Phi) is 9.02. The van der Waals surface area contributed by atoms with Gasteiger partial charge in [0, 0.05) is 17.0 Å². The lowest BCUT2D eigenvalue weighted by molar-refractivity contribution is -0.137. The van der Waals surface area contributed by atoms with Gasteiger partial charge in [0.15, 0.2) is 0 Å². The summed E-state index contributed by atoms with van der Waals surface area (Å²) in [6.07, 6.45) is -4.49. The summed E-state index contributed by atoms with van der Waals surface area (Å²) >= 11 is 12.1. The van der Waals surface area contributed by atoms with Gasteiger partial charge in [0.2, 0.25) is 5.91 Å². The normalized spacial score (nSPS) is 14.6. The largest absolute Gasteiger partial charge is 0.492 e. The van der Waals surface area contributed by atoms with Crippen molar-refractivity contribution in [2.24, 2.45) is 0 Å². The number of anilines is 1. The first kappa shape index (κ1) is 32.1. The minimum absolute atomic E-state index is 0.00428. The molecule has 1 aliphatic heterocycles. The maximum atomic E-state index is 13.9. The van der Waals surface area contributed by atoms with Gasteiger partial charge in [-0.3, -0.25) is 9.10 Å². The molecule has 0 fully saturated rings. The number of carbonyl (C=O) groups is 2. The summed E-state index contributed by atoms with van der Waals surface area (Å²) in [5.41, 5.74) is 0.339. The van der Waals surface area contributed by atoms with Crippen LogP contribution in [-0.4, -0.2) is 44.6 Å². The topological polar surface area (TPSA) is 113 Å². The molecule has 0 unspecified atom stereocenters. The number of carboxylic acids is 1. The van der Waals surface area contributed by atoms with E-state index in [4.69, 9.17) is 33.0 Å². The molecule has 14 heteroatoms. The highest BCUT2D eigenvalue weighted by Crippen LogP contribution is 2.39. The second-order valence-corrected chi connectivity index (χ2v) is 12.6. The lowest BCUT2D eigenvalue weighted by Gasteiger charge is -2.26. The quantitative estimate of drug-likeness (QED) is 0.191. The van der Waals surface area contributed by atoms with Crippen molar-refractivity contribution in [3.05, 3.63) is 112 Å². The predicted molar refractivity (Wildman–Crippen MR) is 162 cm³/mol. The van der Waals surface area contributed by atoms with E-state index in [-0.39, 0.29) is 57.0 Å². The second-order valence-electron chi connectivity index (χ2n) is 9.95. The first-order chi connectivity index (χ1) is 21.3. The molecular formula is C31H23Cl2F3N2O6S. The number of ether oxygens (including phenoxy) is 1. The lowest BCUT2D eigenvalue weighted by atomic mass is 10.0. The molecule has 4 aromatic rings. The highest BCUT2D eigenvalue weighted by Gasteiger charge is 2.42. The number of carbonyl (C=O) groups excluding carboxylic acids is 1. The van der Waals surface area contributed by atoms with Crippen molar-refractivity contribution in [2.45, 2.75) is 23.5 Å². The average molecular weight is 680 g/mol. The molecule has 0 spiro atoms. The molecule has 5 rings (SSSR count). The zero-order valence-electron chi connectivity index (χ0n) is 23.0. The number of benzene rings is 4. The van der Waals surface area contributed by atoms with E-state index in [1.165, 1.54) is 42.5 Å². The Bertz CT molecular complexity index is 1890. The zero-order valence-corrected chi connectivity index (χ0v) is 25.3. The molecule has 234 valence electrons. The summed E-state index contributed by atoms with van der Waals surface area (Å²) < 4.78 is 74.2. The Morgan fingerprint density at radius 2 is 1.67 bits per heavy atom. The smallest absolute Gasteiger partial charge is 0.416 e. The monoisotopic (exact) mass is 678 g/mol. The predicted octanol–water partition coefficient (Wildman–Crippen LogP) is 6.69. The summed E-state index contributed by atoms with van der Waals surface area (Å²) in [5, 5.41) is 11.8. The van der Waals surface area contributed by atoms with E-state index < -0.39 is 39.7 Å². The first-order valence-electron chi connectivity index (χ1n) is 13.3. The number of carboxylic acid groups (broad SMARTS) is 1. The zero-order chi connectivity index (χ0) is 32.5. The van der Waals surface area contributed by atoms with Crippen molar-refractivity contribution in [1.29, 1.82) is 0 Å². The van der Waals surface area contributed by atoms with E-state index in [9.17, 15) is 31.2 Å². The van der Waals surface area contributed by atoms with Gasteiger partial charge in [-0.15, -0.1) is 0 Å². The van der Waals surface area contributed by atoms with Crippen LogP contribution in [0.5, 0.6) is 5.75 Å². The first-order valence-corrected chi connectivity index (χ1v) is 15.5. The van der Waals surface area contributed by atoms with E-state index >= 15 is 0 Å². The van der Waals surface area contributed by atoms with Crippen LogP contribution in [0, 0.1) is 0 Å². The van der Waals surface area contributed by atoms with Crippen LogP contribution in [0.25, 0.3) is 11.1 Å². The third-order valence-corrected chi connectivity index (χ3v) is 9.56. The van der Waals surface area contributed by atoms with E-state index in [0.29, 0.717) is 11.3 Å². The fourth-order valence-corrected chi connectivity index (χ4v) is 7.04. The van der Waals surface area contributed by atoms with Crippen LogP contribution in [0.1, 0.15) is 21.5 Å². The number of nitrogens with zero attached hydrogens (tertiary/aromatic N) is 1. The van der Waals surface area contributed by atoms with Gasteiger partial charge in [-0.25, -0.2) is 13.2 Å². The molecule has 0 aromatic heterocycles. The number of para-hydroxylation sites is 1. The van der Waals surface area contributed by atoms with E-state index in [2.05, 4.69) is 5.32 Å². The minimum Gasteiger partial charge on any atom is -0.492 e. The van der Waals surface area contributed by atoms with Crippen LogP contribution in [0.3, 0.4) is 0 Å². The Morgan fingerprint density at radius 3 is 2.33 bits per heavy atom. The van der Waals surface area contributed by atoms with Crippen LogP contribution in [0.4, 0.5) is 18.9 Å². The van der Waals surface area contributed by atoms with Gasteiger partial charge < -0.3 is 15.2 Å². The molecule has 45 heavy (non-hydrogen) atoms. The summed E-state index contributed by atoms with van der Waals surface area (Å²) in [4.78, 5) is 24.3. The molecule has 2 N–H and O–H groups in total. The van der Waals surface area contributed by atoms with Gasteiger partial charge in [-0.2, -0.15) is 13.2 Å². The number of hydrogen-bond donors (Lipinski definition) is 2. The molecule has 1 atom stereocenters. The number of nitrogens with one attached hydrogen (secondary N) is 1. The van der Waals surface area contributed by atoms with Crippen molar-refractivity contribution < 1.29 is 41.0 Å². The molecular weight excluding hydrogens is 656 g/mol. The molecule has 1 aliphatic rings. The third kappa shape index (κ3) is 6.73. The lowest BCUT2D eigenvalue weighted by Crippen LogP contribution is -2.48. The maximum Gasteiger partial charge on any atom is 0.416 e. The molecule has 1 amide bonds. The van der Waals surface area contributed by atoms with Crippen LogP contribution in [0.2, 0.25) is 10.0 Å². The van der Waals surface area contributed by atoms with Gasteiger partial charge in [0.25, 0.3) is 10.0 Å². The van der Waals surface area contributed by atoms with Gasteiger partial charge in [-0.1, -0.05) is 53.5 Å². The average Bonchev–Trinajstić information content (AvgIpc) is 3.40. The number of sulfonamides is 1. The van der Waals surface area contributed by atoms with E-state index in [1.807, 2.05) is 0 Å². The molecule has 0 aliphatic carbocycles. The van der Waals surface area contributed by atoms with Crippen LogP contribution < -0.4 is 14.4 Å². The Morgan fingerprint density at radius 1 is 0.956 bits per heavy atom. The Labute approximate surface area is 266 Å². The molecule has 0 radical (unpaired) electrons.